The van der Waals surface area contributed by atoms with Gasteiger partial charge in [-0.3, -0.25) is 4.79 Å². The van der Waals surface area contributed by atoms with Crippen molar-refractivity contribution in [2.24, 2.45) is 0 Å². The fourth-order valence-corrected chi connectivity index (χ4v) is 7.01. The van der Waals surface area contributed by atoms with Crippen molar-refractivity contribution in [2.75, 3.05) is 32.1 Å². The van der Waals surface area contributed by atoms with E-state index < -0.39 is 38.0 Å². The number of hydrogen-bond acceptors (Lipinski definition) is 7. The Morgan fingerprint density at radius 1 is 0.784 bits per heavy atom. The van der Waals surface area contributed by atoms with Gasteiger partial charge in [-0.2, -0.15) is 8.61 Å². The van der Waals surface area contributed by atoms with Gasteiger partial charge in [0.05, 0.1) is 22.5 Å². The van der Waals surface area contributed by atoms with E-state index in [0.29, 0.717) is 5.69 Å². The van der Waals surface area contributed by atoms with Crippen LogP contribution in [-0.2, 0) is 29.6 Å². The topological polar surface area (TPSA) is 130 Å². The molecule has 1 aliphatic rings. The molecule has 1 atom stereocenters. The number of hydrogen-bond donors (Lipinski definition) is 1. The summed E-state index contributed by atoms with van der Waals surface area (Å²) in [5, 5.41) is 2.64. The molecule has 0 spiro atoms. The molecule has 1 aliphatic heterocycles. The Morgan fingerprint density at radius 2 is 1.32 bits per heavy atom. The normalized spacial score (nSPS) is 17.2. The van der Waals surface area contributed by atoms with E-state index in [2.05, 4.69) is 10.1 Å². The number of carbonyl (C=O) groups is 2. The Labute approximate surface area is 215 Å². The van der Waals surface area contributed by atoms with Crippen molar-refractivity contribution < 1.29 is 31.2 Å². The van der Waals surface area contributed by atoms with Crippen LogP contribution in [0.2, 0.25) is 0 Å². The summed E-state index contributed by atoms with van der Waals surface area (Å²) in [5.41, 5.74) is 0.573. The second-order valence-electron chi connectivity index (χ2n) is 8.18. The van der Waals surface area contributed by atoms with Crippen LogP contribution in [-0.4, -0.2) is 70.1 Å². The highest BCUT2D eigenvalue weighted by molar-refractivity contribution is 7.89. The summed E-state index contributed by atoms with van der Waals surface area (Å²) in [5.74, 6) is -1.26. The average molecular weight is 544 g/mol. The van der Waals surface area contributed by atoms with E-state index in [1.807, 2.05) is 0 Å². The summed E-state index contributed by atoms with van der Waals surface area (Å²) < 4.78 is 60.2. The number of nitrogens with one attached hydrogen (secondary N) is 1. The van der Waals surface area contributed by atoms with Gasteiger partial charge in [-0.15, -0.1) is 0 Å². The Kier molecular flexibility index (Phi) is 7.73. The van der Waals surface area contributed by atoms with Gasteiger partial charge in [0, 0.05) is 25.3 Å². The highest BCUT2D eigenvalue weighted by Gasteiger charge is 2.43. The molecule has 0 aromatic heterocycles. The molecule has 1 amide bonds. The SMILES string of the molecule is COC(=O)c1ccc(NC(=O)[C@H]2CN(S(=O)(=O)c3ccccc3)CCN2S(=O)(=O)c2ccccc2)cc1. The number of rotatable bonds is 7. The third kappa shape index (κ3) is 5.57. The predicted molar refractivity (Wildman–Crippen MR) is 136 cm³/mol. The first-order valence-corrected chi connectivity index (χ1v) is 14.1. The maximum Gasteiger partial charge on any atom is 0.337 e. The molecule has 3 aromatic carbocycles. The summed E-state index contributed by atoms with van der Waals surface area (Å²) in [6, 6.07) is 19.9. The van der Waals surface area contributed by atoms with Gasteiger partial charge in [0.1, 0.15) is 6.04 Å². The molecule has 0 unspecified atom stereocenters. The van der Waals surface area contributed by atoms with Crippen molar-refractivity contribution in [3.8, 4) is 0 Å². The van der Waals surface area contributed by atoms with Crippen LogP contribution in [0.5, 0.6) is 0 Å². The third-order valence-corrected chi connectivity index (χ3v) is 9.70. The lowest BCUT2D eigenvalue weighted by molar-refractivity contribution is -0.120. The monoisotopic (exact) mass is 543 g/mol. The second kappa shape index (κ2) is 10.8. The van der Waals surface area contributed by atoms with E-state index >= 15 is 0 Å². The molecule has 4 rings (SSSR count). The number of methoxy groups -OCH3 is 1. The summed E-state index contributed by atoms with van der Waals surface area (Å²) in [4.78, 5) is 25.1. The number of esters is 1. The predicted octanol–water partition coefficient (Wildman–Crippen LogP) is 2.18. The van der Waals surface area contributed by atoms with Crippen LogP contribution in [0, 0.1) is 0 Å². The van der Waals surface area contributed by atoms with Gasteiger partial charge >= 0.3 is 5.97 Å². The molecule has 12 heteroatoms. The third-order valence-electron chi connectivity index (χ3n) is 5.90. The molecule has 0 bridgehead atoms. The molecule has 0 saturated carbocycles. The van der Waals surface area contributed by atoms with Crippen LogP contribution in [0.15, 0.2) is 94.7 Å². The van der Waals surface area contributed by atoms with Crippen molar-refractivity contribution >= 4 is 37.6 Å². The summed E-state index contributed by atoms with van der Waals surface area (Å²) in [6.07, 6.45) is 0. The first kappa shape index (κ1) is 26.5. The van der Waals surface area contributed by atoms with E-state index in [0.717, 1.165) is 8.61 Å². The quantitative estimate of drug-likeness (QED) is 0.452. The Morgan fingerprint density at radius 3 is 1.86 bits per heavy atom. The zero-order valence-electron chi connectivity index (χ0n) is 19.9. The van der Waals surface area contributed by atoms with E-state index in [1.165, 1.54) is 55.6 Å². The lowest BCUT2D eigenvalue weighted by Crippen LogP contribution is -2.60. The maximum absolute atomic E-state index is 13.5. The van der Waals surface area contributed by atoms with Gasteiger partial charge in [0.2, 0.25) is 26.0 Å². The minimum Gasteiger partial charge on any atom is -0.465 e. The Bertz CT molecular complexity index is 1480. The van der Waals surface area contributed by atoms with Gasteiger partial charge in [-0.25, -0.2) is 21.6 Å². The van der Waals surface area contributed by atoms with Crippen molar-refractivity contribution in [3.63, 3.8) is 0 Å². The van der Waals surface area contributed by atoms with Gasteiger partial charge in [-0.05, 0) is 48.5 Å². The molecule has 1 fully saturated rings. The lowest BCUT2D eigenvalue weighted by atomic mass is 10.2. The first-order chi connectivity index (χ1) is 17.6. The number of nitrogens with zero attached hydrogens (tertiary/aromatic N) is 2. The van der Waals surface area contributed by atoms with Gasteiger partial charge in [0.25, 0.3) is 0 Å². The molecule has 1 saturated heterocycles. The summed E-state index contributed by atoms with van der Waals surface area (Å²) in [6.45, 7) is -0.723. The van der Waals surface area contributed by atoms with Crippen molar-refractivity contribution in [1.82, 2.24) is 8.61 Å². The Hall–Kier alpha value is -3.58. The first-order valence-electron chi connectivity index (χ1n) is 11.3. The minimum absolute atomic E-state index is 0.00500. The largest absolute Gasteiger partial charge is 0.465 e. The van der Waals surface area contributed by atoms with Gasteiger partial charge < -0.3 is 10.1 Å². The van der Waals surface area contributed by atoms with E-state index in [1.54, 1.807) is 36.4 Å². The highest BCUT2D eigenvalue weighted by atomic mass is 32.2. The fraction of sp³-hybridized carbons (Fsp3) is 0.200. The van der Waals surface area contributed by atoms with Gasteiger partial charge in [-0.1, -0.05) is 36.4 Å². The number of benzene rings is 3. The van der Waals surface area contributed by atoms with Crippen LogP contribution < -0.4 is 5.32 Å². The van der Waals surface area contributed by atoms with Crippen LogP contribution in [0.3, 0.4) is 0 Å². The number of amides is 1. The number of ether oxygens (including phenoxy) is 1. The number of carbonyl (C=O) groups excluding carboxylic acids is 2. The number of sulfonamides is 2. The zero-order chi connectivity index (χ0) is 26.6. The average Bonchev–Trinajstić information content (AvgIpc) is 2.93. The summed E-state index contributed by atoms with van der Waals surface area (Å²) in [7, 11) is -6.84. The second-order valence-corrected chi connectivity index (χ2v) is 12.0. The maximum atomic E-state index is 13.5. The fourth-order valence-electron chi connectivity index (χ4n) is 3.96. The standard InChI is InChI=1S/C25H25N3O7S2/c1-35-25(30)19-12-14-20(15-13-19)26-24(29)23-18-27(36(31,32)21-8-4-2-5-9-21)16-17-28(23)37(33,34)22-10-6-3-7-11-22/h2-15,23H,16-18H2,1H3,(H,26,29)/t23-/m1/s1. The van der Waals surface area contributed by atoms with E-state index in [9.17, 15) is 26.4 Å². The van der Waals surface area contributed by atoms with Crippen LogP contribution in [0.4, 0.5) is 5.69 Å². The van der Waals surface area contributed by atoms with Gasteiger partial charge in [0.15, 0.2) is 0 Å². The molecule has 0 aliphatic carbocycles. The van der Waals surface area contributed by atoms with Crippen LogP contribution >= 0.6 is 0 Å². The lowest BCUT2D eigenvalue weighted by Gasteiger charge is -2.38. The minimum atomic E-state index is -4.11. The van der Waals surface area contributed by atoms with E-state index in [-0.39, 0.29) is 35.0 Å². The Balaban J connectivity index is 1.65. The molecule has 3 aromatic rings. The van der Waals surface area contributed by atoms with Crippen LogP contribution in [0.25, 0.3) is 0 Å². The van der Waals surface area contributed by atoms with Crippen molar-refractivity contribution in [2.45, 2.75) is 15.8 Å². The molecule has 0 radical (unpaired) electrons. The molecule has 37 heavy (non-hydrogen) atoms. The zero-order valence-corrected chi connectivity index (χ0v) is 21.5. The van der Waals surface area contributed by atoms with E-state index in [4.69, 9.17) is 0 Å². The highest BCUT2D eigenvalue weighted by Crippen LogP contribution is 2.26. The van der Waals surface area contributed by atoms with Crippen molar-refractivity contribution in [3.05, 3.63) is 90.5 Å². The molecule has 1 heterocycles. The van der Waals surface area contributed by atoms with Crippen molar-refractivity contribution in [1.29, 1.82) is 0 Å². The molecular formula is C25H25N3O7S2. The number of piperazine rings is 1. The van der Waals surface area contributed by atoms with Crippen LogP contribution in [0.1, 0.15) is 10.4 Å². The molecule has 10 nitrogen and oxygen atoms in total. The molecule has 194 valence electrons. The summed E-state index contributed by atoms with van der Waals surface area (Å²) >= 11 is 0. The number of anilines is 1. The smallest absolute Gasteiger partial charge is 0.337 e. The molecule has 1 N–H and O–H groups in total. The molecular weight excluding hydrogens is 518 g/mol.